The number of unbranched alkanes of at least 4 members (excludes halogenated alkanes) is 1. The molecule has 2 bridgehead atoms. The zero-order valence-corrected chi connectivity index (χ0v) is 25.7. The quantitative estimate of drug-likeness (QED) is 0.141. The lowest BCUT2D eigenvalue weighted by molar-refractivity contribution is -0.122. The van der Waals surface area contributed by atoms with E-state index in [4.69, 9.17) is 9.47 Å². The third-order valence-electron chi connectivity index (χ3n) is 9.28. The smallest absolute Gasteiger partial charge is 0.338 e. The largest absolute Gasteiger partial charge is 0.462 e. The van der Waals surface area contributed by atoms with Crippen molar-refractivity contribution in [2.75, 3.05) is 23.4 Å². The van der Waals surface area contributed by atoms with Gasteiger partial charge in [-0.15, -0.1) is 0 Å². The van der Waals surface area contributed by atoms with Gasteiger partial charge in [0, 0.05) is 17.5 Å². The summed E-state index contributed by atoms with van der Waals surface area (Å²) in [7, 11) is 0. The van der Waals surface area contributed by atoms with E-state index in [0.717, 1.165) is 35.1 Å². The number of nitrogens with one attached hydrogen (secondary N) is 1. The fourth-order valence-electron chi connectivity index (χ4n) is 7.17. The summed E-state index contributed by atoms with van der Waals surface area (Å²) in [4.78, 5) is 66.4. The van der Waals surface area contributed by atoms with Crippen LogP contribution in [0.15, 0.2) is 97.1 Å². The Labute approximate surface area is 271 Å². The number of benzene rings is 4. The van der Waals surface area contributed by atoms with Crippen molar-refractivity contribution in [2.45, 2.75) is 31.6 Å². The summed E-state index contributed by atoms with van der Waals surface area (Å²) in [6.07, 6.45) is 1.70. The predicted molar refractivity (Wildman–Crippen MR) is 173 cm³/mol. The number of amides is 3. The highest BCUT2D eigenvalue weighted by molar-refractivity contribution is 6.23. The molecule has 1 heterocycles. The van der Waals surface area contributed by atoms with Gasteiger partial charge in [-0.3, -0.25) is 14.4 Å². The molecule has 1 N–H and O–H groups in total. The van der Waals surface area contributed by atoms with Gasteiger partial charge in [-0.25, -0.2) is 14.5 Å². The van der Waals surface area contributed by atoms with Crippen molar-refractivity contribution >= 4 is 41.0 Å². The van der Waals surface area contributed by atoms with Gasteiger partial charge in [0.2, 0.25) is 11.8 Å². The van der Waals surface area contributed by atoms with E-state index in [0.29, 0.717) is 23.5 Å². The molecule has 0 spiro atoms. The first-order valence-electron chi connectivity index (χ1n) is 15.8. The third kappa shape index (κ3) is 5.27. The molecule has 2 atom stereocenters. The molecule has 4 aromatic carbocycles. The molecule has 4 aromatic rings. The number of hydrogen-bond acceptors (Lipinski definition) is 7. The van der Waals surface area contributed by atoms with E-state index in [1.165, 1.54) is 17.0 Å². The Morgan fingerprint density at radius 2 is 1.13 bits per heavy atom. The number of carbonyl (C=O) groups is 5. The monoisotopic (exact) mass is 628 g/mol. The molecule has 9 heteroatoms. The normalized spacial score (nSPS) is 20.2. The third-order valence-corrected chi connectivity index (χ3v) is 9.28. The number of carbonyl (C=O) groups excluding carboxylic acids is 5. The van der Waals surface area contributed by atoms with Crippen molar-refractivity contribution in [1.82, 2.24) is 0 Å². The maximum Gasteiger partial charge on any atom is 0.338 e. The minimum absolute atomic E-state index is 0.170. The fraction of sp³-hybridized carbons (Fsp3) is 0.237. The molecule has 1 fully saturated rings. The minimum Gasteiger partial charge on any atom is -0.462 e. The van der Waals surface area contributed by atoms with Gasteiger partial charge in [0.25, 0.3) is 5.91 Å². The van der Waals surface area contributed by atoms with Crippen molar-refractivity contribution in [2.24, 2.45) is 11.8 Å². The van der Waals surface area contributed by atoms with E-state index in [1.54, 1.807) is 36.4 Å². The maximum atomic E-state index is 14.0. The molecule has 47 heavy (non-hydrogen) atoms. The molecule has 1 saturated heterocycles. The van der Waals surface area contributed by atoms with Gasteiger partial charge in [0.15, 0.2) is 6.61 Å². The van der Waals surface area contributed by atoms with E-state index in [2.05, 4.69) is 29.6 Å². The van der Waals surface area contributed by atoms with Crippen LogP contribution >= 0.6 is 0 Å². The first-order chi connectivity index (χ1) is 22.9. The number of rotatable bonds is 9. The lowest BCUT2D eigenvalue weighted by Gasteiger charge is -2.45. The lowest BCUT2D eigenvalue weighted by Crippen LogP contribution is -2.41. The van der Waals surface area contributed by atoms with Crippen molar-refractivity contribution in [1.29, 1.82) is 0 Å². The van der Waals surface area contributed by atoms with E-state index < -0.39 is 36.3 Å². The Morgan fingerprint density at radius 3 is 1.62 bits per heavy atom. The summed E-state index contributed by atoms with van der Waals surface area (Å²) in [5.74, 6) is -3.62. The van der Waals surface area contributed by atoms with Crippen LogP contribution in [0.2, 0.25) is 0 Å². The van der Waals surface area contributed by atoms with Crippen LogP contribution in [-0.4, -0.2) is 42.9 Å². The van der Waals surface area contributed by atoms with Crippen molar-refractivity contribution in [3.05, 3.63) is 130 Å². The molecule has 0 aromatic heterocycles. The predicted octanol–water partition coefficient (Wildman–Crippen LogP) is 5.84. The highest BCUT2D eigenvalue weighted by Crippen LogP contribution is 2.61. The van der Waals surface area contributed by atoms with Crippen LogP contribution in [0, 0.1) is 11.8 Å². The van der Waals surface area contributed by atoms with Crippen LogP contribution < -0.4 is 10.2 Å². The SMILES string of the molecule is CCCCOC(=O)c1ccc(NC(=O)COC(=O)c2ccc(N3C(=O)[C@@H]4C5c6ccccc6C(c6ccccc65)[C@H]4C3=O)cc2)cc1. The highest BCUT2D eigenvalue weighted by atomic mass is 16.5. The molecular weight excluding hydrogens is 596 g/mol. The first-order valence-corrected chi connectivity index (χ1v) is 15.8. The molecule has 9 nitrogen and oxygen atoms in total. The maximum absolute atomic E-state index is 14.0. The Bertz CT molecular complexity index is 1780. The zero-order valence-electron chi connectivity index (χ0n) is 25.7. The van der Waals surface area contributed by atoms with Gasteiger partial charge in [0.05, 0.1) is 35.3 Å². The molecule has 4 aliphatic rings. The van der Waals surface area contributed by atoms with Gasteiger partial charge in [-0.05, 0) is 77.2 Å². The Morgan fingerprint density at radius 1 is 0.660 bits per heavy atom. The van der Waals surface area contributed by atoms with Crippen LogP contribution in [0.5, 0.6) is 0 Å². The second kappa shape index (κ2) is 12.3. The number of nitrogens with zero attached hydrogens (tertiary/aromatic N) is 1. The first kappa shape index (κ1) is 30.1. The van der Waals surface area contributed by atoms with Gasteiger partial charge in [0.1, 0.15) is 0 Å². The van der Waals surface area contributed by atoms with E-state index >= 15 is 0 Å². The summed E-state index contributed by atoms with van der Waals surface area (Å²) >= 11 is 0. The summed E-state index contributed by atoms with van der Waals surface area (Å²) in [5, 5.41) is 2.62. The number of ether oxygens (including phenoxy) is 2. The van der Waals surface area contributed by atoms with Crippen LogP contribution in [0.3, 0.4) is 0 Å². The average molecular weight is 629 g/mol. The molecule has 3 aliphatic carbocycles. The zero-order chi connectivity index (χ0) is 32.7. The fourth-order valence-corrected chi connectivity index (χ4v) is 7.17. The Hall–Kier alpha value is -5.57. The molecule has 0 radical (unpaired) electrons. The van der Waals surface area contributed by atoms with Crippen molar-refractivity contribution in [3.63, 3.8) is 0 Å². The molecule has 0 unspecified atom stereocenters. The molecule has 236 valence electrons. The van der Waals surface area contributed by atoms with Gasteiger partial charge in [-0.1, -0.05) is 61.9 Å². The summed E-state index contributed by atoms with van der Waals surface area (Å²) in [5.41, 5.74) is 5.75. The van der Waals surface area contributed by atoms with E-state index in [-0.39, 0.29) is 29.2 Å². The van der Waals surface area contributed by atoms with Crippen LogP contribution in [0.25, 0.3) is 0 Å². The van der Waals surface area contributed by atoms with Crippen LogP contribution in [0.4, 0.5) is 11.4 Å². The summed E-state index contributed by atoms with van der Waals surface area (Å²) < 4.78 is 10.4. The average Bonchev–Trinajstić information content (AvgIpc) is 3.37. The second-order valence-electron chi connectivity index (χ2n) is 12.0. The topological polar surface area (TPSA) is 119 Å². The van der Waals surface area contributed by atoms with Crippen molar-refractivity contribution in [3.8, 4) is 0 Å². The van der Waals surface area contributed by atoms with Crippen molar-refractivity contribution < 1.29 is 33.4 Å². The molecular formula is C38H32N2O7. The molecule has 1 aliphatic heterocycles. The van der Waals surface area contributed by atoms with Gasteiger partial charge >= 0.3 is 11.9 Å². The van der Waals surface area contributed by atoms with Crippen LogP contribution in [0.1, 0.15) is 74.6 Å². The van der Waals surface area contributed by atoms with Gasteiger partial charge in [-0.2, -0.15) is 0 Å². The van der Waals surface area contributed by atoms with Gasteiger partial charge < -0.3 is 14.8 Å². The summed E-state index contributed by atoms with van der Waals surface area (Å²) in [6.45, 7) is 1.83. The number of esters is 2. The molecule has 3 amide bonds. The second-order valence-corrected chi connectivity index (χ2v) is 12.0. The van der Waals surface area contributed by atoms with Crippen LogP contribution in [-0.2, 0) is 23.9 Å². The number of anilines is 2. The molecule has 8 rings (SSSR count). The number of hydrogen-bond donors (Lipinski definition) is 1. The number of imide groups is 1. The standard InChI is InChI=1S/C38H32N2O7/c1-2-3-20-46-37(44)22-12-16-24(17-13-22)39-30(41)21-47-38(45)23-14-18-25(19-15-23)40-35(42)33-31-26-8-4-5-9-27(26)32(34(33)36(40)43)29-11-7-6-10-28(29)31/h4-19,31-34H,2-3,20-21H2,1H3,(H,39,41)/t31?,32?,33-,34-/m1/s1. The summed E-state index contributed by atoms with van der Waals surface area (Å²) in [6, 6.07) is 28.4. The van der Waals surface area contributed by atoms with E-state index in [9.17, 15) is 24.0 Å². The minimum atomic E-state index is -0.728. The van der Waals surface area contributed by atoms with E-state index in [1.807, 2.05) is 31.2 Å². The highest BCUT2D eigenvalue weighted by Gasteiger charge is 2.61. The molecule has 0 saturated carbocycles. The lowest BCUT2D eigenvalue weighted by atomic mass is 9.55. The Balaban J connectivity index is 0.994. The Kier molecular flexibility index (Phi) is 7.89.